The van der Waals surface area contributed by atoms with Crippen molar-refractivity contribution in [2.24, 2.45) is 0 Å². The lowest BCUT2D eigenvalue weighted by Gasteiger charge is -2.13. The summed E-state index contributed by atoms with van der Waals surface area (Å²) in [5.74, 6) is 0.940. The van der Waals surface area contributed by atoms with Gasteiger partial charge in [-0.1, -0.05) is 18.6 Å². The van der Waals surface area contributed by atoms with Gasteiger partial charge in [0.05, 0.1) is 16.1 Å². The largest absolute Gasteiger partial charge is 0.417 e. The van der Waals surface area contributed by atoms with Crippen LogP contribution in [-0.2, 0) is 23.0 Å². The van der Waals surface area contributed by atoms with Crippen LogP contribution in [0.2, 0.25) is 0 Å². The topological polar surface area (TPSA) is 123 Å². The SMILES string of the molecule is O=c1[nH]c2ccc(S(=O)(=O)Nc3ccccc3-c3nnc4n3CCCCC4)cc2o1. The minimum atomic E-state index is -3.92. The predicted molar refractivity (Wildman–Crippen MR) is 111 cm³/mol. The summed E-state index contributed by atoms with van der Waals surface area (Å²) >= 11 is 0. The maximum absolute atomic E-state index is 13.0. The number of H-pyrrole nitrogens is 1. The van der Waals surface area contributed by atoms with E-state index in [0.717, 1.165) is 38.1 Å². The van der Waals surface area contributed by atoms with Crippen LogP contribution in [0.5, 0.6) is 0 Å². The third-order valence-electron chi connectivity index (χ3n) is 5.22. The molecule has 1 aliphatic heterocycles. The van der Waals surface area contributed by atoms with Crippen molar-refractivity contribution >= 4 is 26.8 Å². The van der Waals surface area contributed by atoms with E-state index in [-0.39, 0.29) is 10.5 Å². The molecule has 0 bridgehead atoms. The number of rotatable bonds is 4. The van der Waals surface area contributed by atoms with Crippen molar-refractivity contribution in [2.45, 2.75) is 37.1 Å². The van der Waals surface area contributed by atoms with Crippen LogP contribution in [0.1, 0.15) is 25.1 Å². The van der Waals surface area contributed by atoms with Crippen molar-refractivity contribution in [1.82, 2.24) is 19.7 Å². The van der Waals surface area contributed by atoms with Gasteiger partial charge in [-0.3, -0.25) is 9.71 Å². The maximum atomic E-state index is 13.0. The summed E-state index contributed by atoms with van der Waals surface area (Å²) in [5.41, 5.74) is 1.69. The Hall–Kier alpha value is -3.40. The van der Waals surface area contributed by atoms with E-state index in [1.165, 1.54) is 18.2 Å². The standard InChI is InChI=1S/C20H19N5O4S/c26-20-21-16-10-9-13(12-17(16)29-20)30(27,28)24-15-7-4-3-6-14(15)19-23-22-18-8-2-1-5-11-25(18)19/h3-4,6-7,9-10,12,24H,1-2,5,8,11H2,(H,21,26). The van der Waals surface area contributed by atoms with Gasteiger partial charge in [0.2, 0.25) is 0 Å². The van der Waals surface area contributed by atoms with Crippen molar-refractivity contribution < 1.29 is 12.8 Å². The van der Waals surface area contributed by atoms with Gasteiger partial charge in [-0.05, 0) is 37.1 Å². The van der Waals surface area contributed by atoms with Crippen molar-refractivity contribution in [1.29, 1.82) is 0 Å². The van der Waals surface area contributed by atoms with Gasteiger partial charge in [0.25, 0.3) is 10.0 Å². The molecule has 30 heavy (non-hydrogen) atoms. The van der Waals surface area contributed by atoms with Gasteiger partial charge in [0.1, 0.15) is 5.82 Å². The maximum Gasteiger partial charge on any atom is 0.417 e. The molecule has 2 aromatic carbocycles. The Bertz CT molecular complexity index is 1400. The molecule has 0 aliphatic carbocycles. The lowest BCUT2D eigenvalue weighted by atomic mass is 10.1. The monoisotopic (exact) mass is 425 g/mol. The van der Waals surface area contributed by atoms with Crippen molar-refractivity contribution in [3.05, 3.63) is 58.8 Å². The summed E-state index contributed by atoms with van der Waals surface area (Å²) < 4.78 is 35.8. The molecule has 3 heterocycles. The average molecular weight is 425 g/mol. The molecular formula is C20H19N5O4S. The van der Waals surface area contributed by atoms with Crippen molar-refractivity contribution in [3.8, 4) is 11.4 Å². The van der Waals surface area contributed by atoms with E-state index in [0.29, 0.717) is 22.6 Å². The molecule has 0 saturated carbocycles. The first kappa shape index (κ1) is 18.6. The smallest absolute Gasteiger partial charge is 0.408 e. The summed E-state index contributed by atoms with van der Waals surface area (Å²) in [6, 6.07) is 11.4. The highest BCUT2D eigenvalue weighted by Crippen LogP contribution is 2.30. The van der Waals surface area contributed by atoms with Crippen molar-refractivity contribution in [2.75, 3.05) is 4.72 Å². The van der Waals surface area contributed by atoms with Gasteiger partial charge in [-0.15, -0.1) is 10.2 Å². The van der Waals surface area contributed by atoms with Crippen LogP contribution >= 0.6 is 0 Å². The van der Waals surface area contributed by atoms with E-state index in [1.807, 2.05) is 12.1 Å². The Balaban J connectivity index is 1.54. The van der Waals surface area contributed by atoms with E-state index in [4.69, 9.17) is 4.42 Å². The Kier molecular flexibility index (Phi) is 4.43. The molecule has 9 nitrogen and oxygen atoms in total. The molecule has 1 aliphatic rings. The van der Waals surface area contributed by atoms with E-state index in [2.05, 4.69) is 24.5 Å². The molecule has 0 saturated heterocycles. The molecule has 0 amide bonds. The second-order valence-corrected chi connectivity index (χ2v) is 8.91. The number of aromatic nitrogens is 4. The van der Waals surface area contributed by atoms with Crippen LogP contribution in [0.25, 0.3) is 22.5 Å². The number of hydrogen-bond acceptors (Lipinski definition) is 6. The van der Waals surface area contributed by atoms with Crippen LogP contribution in [0.3, 0.4) is 0 Å². The fourth-order valence-corrected chi connectivity index (χ4v) is 4.84. The second kappa shape index (κ2) is 7.13. The molecule has 0 atom stereocenters. The number of oxazole rings is 1. The summed E-state index contributed by atoms with van der Waals surface area (Å²) in [6.45, 7) is 0.807. The Morgan fingerprint density at radius 1 is 1.07 bits per heavy atom. The fourth-order valence-electron chi connectivity index (χ4n) is 3.75. The van der Waals surface area contributed by atoms with E-state index in [9.17, 15) is 13.2 Å². The fraction of sp³-hybridized carbons (Fsp3) is 0.250. The summed E-state index contributed by atoms with van der Waals surface area (Å²) in [4.78, 5) is 13.8. The third kappa shape index (κ3) is 3.28. The minimum Gasteiger partial charge on any atom is -0.408 e. The van der Waals surface area contributed by atoms with E-state index in [1.54, 1.807) is 12.1 Å². The normalized spacial score (nSPS) is 14.4. The molecule has 0 fully saturated rings. The molecule has 5 rings (SSSR count). The highest BCUT2D eigenvalue weighted by molar-refractivity contribution is 7.92. The zero-order valence-electron chi connectivity index (χ0n) is 16.0. The number of sulfonamides is 1. The molecular weight excluding hydrogens is 406 g/mol. The van der Waals surface area contributed by atoms with Crippen LogP contribution in [-0.4, -0.2) is 28.2 Å². The summed E-state index contributed by atoms with van der Waals surface area (Å²) in [6.07, 6.45) is 4.11. The number of anilines is 1. The Morgan fingerprint density at radius 3 is 2.83 bits per heavy atom. The number of nitrogens with one attached hydrogen (secondary N) is 2. The van der Waals surface area contributed by atoms with Gasteiger partial charge in [-0.25, -0.2) is 13.2 Å². The molecule has 4 aromatic rings. The van der Waals surface area contributed by atoms with Gasteiger partial charge in [0.15, 0.2) is 11.4 Å². The molecule has 2 N–H and O–H groups in total. The van der Waals surface area contributed by atoms with Crippen LogP contribution in [0, 0.1) is 0 Å². The number of nitrogens with zero attached hydrogens (tertiary/aromatic N) is 3. The summed E-state index contributed by atoms with van der Waals surface area (Å²) in [5, 5.41) is 8.66. The number of para-hydroxylation sites is 1. The van der Waals surface area contributed by atoms with Gasteiger partial charge >= 0.3 is 5.76 Å². The lowest BCUT2D eigenvalue weighted by Crippen LogP contribution is -2.14. The zero-order valence-corrected chi connectivity index (χ0v) is 16.8. The highest BCUT2D eigenvalue weighted by Gasteiger charge is 2.22. The first-order valence-electron chi connectivity index (χ1n) is 9.68. The average Bonchev–Trinajstić information content (AvgIpc) is 3.21. The molecule has 0 unspecified atom stereocenters. The quantitative estimate of drug-likeness (QED) is 0.518. The first-order chi connectivity index (χ1) is 14.5. The Labute approximate surface area is 171 Å². The van der Waals surface area contributed by atoms with Gasteiger partial charge in [0, 0.05) is 24.6 Å². The minimum absolute atomic E-state index is 0.00683. The Morgan fingerprint density at radius 2 is 1.93 bits per heavy atom. The molecule has 2 aromatic heterocycles. The van der Waals surface area contributed by atoms with Crippen LogP contribution in [0.4, 0.5) is 5.69 Å². The number of benzene rings is 2. The zero-order chi connectivity index (χ0) is 20.7. The van der Waals surface area contributed by atoms with E-state index >= 15 is 0 Å². The van der Waals surface area contributed by atoms with Gasteiger partial charge in [-0.2, -0.15) is 0 Å². The van der Waals surface area contributed by atoms with E-state index < -0.39 is 15.8 Å². The number of aryl methyl sites for hydroxylation is 1. The van der Waals surface area contributed by atoms with Gasteiger partial charge < -0.3 is 8.98 Å². The van der Waals surface area contributed by atoms with Crippen LogP contribution in [0.15, 0.2) is 56.6 Å². The second-order valence-electron chi connectivity index (χ2n) is 7.23. The molecule has 154 valence electrons. The molecule has 0 spiro atoms. The number of aromatic amines is 1. The number of fused-ring (bicyclic) bond motifs is 2. The third-order valence-corrected chi connectivity index (χ3v) is 6.59. The highest BCUT2D eigenvalue weighted by atomic mass is 32.2. The number of hydrogen-bond donors (Lipinski definition) is 2. The van der Waals surface area contributed by atoms with Crippen molar-refractivity contribution in [3.63, 3.8) is 0 Å². The molecule has 10 heteroatoms. The molecule has 0 radical (unpaired) electrons. The lowest BCUT2D eigenvalue weighted by molar-refractivity contribution is 0.554. The first-order valence-corrected chi connectivity index (χ1v) is 11.2. The van der Waals surface area contributed by atoms with Crippen LogP contribution < -0.4 is 10.5 Å². The summed E-state index contributed by atoms with van der Waals surface area (Å²) in [7, 11) is -3.92. The predicted octanol–water partition coefficient (Wildman–Crippen LogP) is 2.91.